The van der Waals surface area contributed by atoms with Crippen LogP contribution in [0.15, 0.2) is 0 Å². The second kappa shape index (κ2) is 7.15. The van der Waals surface area contributed by atoms with Crippen molar-refractivity contribution in [3.05, 3.63) is 0 Å². The van der Waals surface area contributed by atoms with Crippen LogP contribution in [0.5, 0.6) is 0 Å². The van der Waals surface area contributed by atoms with Crippen LogP contribution in [0.1, 0.15) is 81.1 Å². The van der Waals surface area contributed by atoms with Crippen molar-refractivity contribution in [2.45, 2.75) is 87.2 Å². The third-order valence-electron chi connectivity index (χ3n) is 10.1. The fraction of sp³-hybridized carbons (Fsp3) is 0.880. The van der Waals surface area contributed by atoms with Crippen LogP contribution in [-0.4, -0.2) is 35.2 Å². The molecule has 0 aromatic rings. The van der Waals surface area contributed by atoms with Crippen LogP contribution in [-0.2, 0) is 14.4 Å². The number of amides is 1. The number of ketones is 2. The van der Waals surface area contributed by atoms with E-state index >= 15 is 0 Å². The van der Waals surface area contributed by atoms with Crippen LogP contribution in [0.3, 0.4) is 0 Å². The maximum atomic E-state index is 12.9. The summed E-state index contributed by atoms with van der Waals surface area (Å²) in [7, 11) is 0. The Balaban J connectivity index is 1.59. The van der Waals surface area contributed by atoms with Gasteiger partial charge in [0, 0.05) is 12.3 Å². The molecule has 3 aliphatic rings. The van der Waals surface area contributed by atoms with Crippen LogP contribution in [0, 0.1) is 45.3 Å². The monoisotopic (exact) mass is 419 g/mol. The predicted octanol–water partition coefficient (Wildman–Crippen LogP) is 3.77. The number of Topliss-reactive ketones (excluding diaryl/α,β-unsaturated/α-hetero) is 2. The van der Waals surface area contributed by atoms with Gasteiger partial charge in [-0.25, -0.2) is 0 Å². The minimum absolute atomic E-state index is 0.0986. The number of nitrogens with one attached hydrogen (secondary N) is 1. The number of hydrogen-bond acceptors (Lipinski definition) is 4. The van der Waals surface area contributed by atoms with Gasteiger partial charge in [-0.2, -0.15) is 0 Å². The Bertz CT molecular complexity index is 753. The smallest absolute Gasteiger partial charge is 0.227 e. The highest BCUT2D eigenvalue weighted by Crippen LogP contribution is 2.79. The van der Waals surface area contributed by atoms with Crippen LogP contribution in [0.2, 0.25) is 0 Å². The number of hydrogen-bond donors (Lipinski definition) is 2. The summed E-state index contributed by atoms with van der Waals surface area (Å²) in [6.45, 7) is 16.4. The van der Waals surface area contributed by atoms with Crippen LogP contribution in [0.4, 0.5) is 0 Å². The van der Waals surface area contributed by atoms with Crippen molar-refractivity contribution in [2.75, 3.05) is 6.54 Å². The Kier molecular flexibility index (Phi) is 5.58. The molecule has 7 atom stereocenters. The molecule has 0 aliphatic heterocycles. The summed E-state index contributed by atoms with van der Waals surface area (Å²) in [5.74, 6) is 0.261. The first-order valence-corrected chi connectivity index (χ1v) is 11.6. The molecule has 0 bridgehead atoms. The van der Waals surface area contributed by atoms with E-state index in [0.717, 1.165) is 12.8 Å². The average Bonchev–Trinajstić information content (AvgIpc) is 2.64. The second-order valence-corrected chi connectivity index (χ2v) is 12.3. The Labute approximate surface area is 181 Å². The first-order chi connectivity index (χ1) is 13.6. The highest BCUT2D eigenvalue weighted by molar-refractivity contribution is 5.92. The molecule has 0 heterocycles. The third kappa shape index (κ3) is 3.10. The highest BCUT2D eigenvalue weighted by atomic mass is 16.3. The van der Waals surface area contributed by atoms with Gasteiger partial charge in [0.25, 0.3) is 0 Å². The van der Waals surface area contributed by atoms with E-state index in [1.165, 1.54) is 0 Å². The molecule has 5 heteroatoms. The van der Waals surface area contributed by atoms with E-state index < -0.39 is 17.3 Å². The number of carbonyl (C=O) groups excluding carboxylic acids is 3. The zero-order chi connectivity index (χ0) is 22.9. The van der Waals surface area contributed by atoms with E-state index in [1.807, 2.05) is 41.5 Å². The molecule has 2 N–H and O–H groups in total. The van der Waals surface area contributed by atoms with Crippen LogP contribution >= 0.6 is 0 Å². The summed E-state index contributed by atoms with van der Waals surface area (Å²) in [5, 5.41) is 13.3. The van der Waals surface area contributed by atoms with Gasteiger partial charge >= 0.3 is 0 Å². The lowest BCUT2D eigenvalue weighted by atomic mass is 9.26. The van der Waals surface area contributed by atoms with Gasteiger partial charge in [0.2, 0.25) is 5.91 Å². The first-order valence-electron chi connectivity index (χ1n) is 11.6. The Morgan fingerprint density at radius 1 is 1.17 bits per heavy atom. The lowest BCUT2D eigenvalue weighted by molar-refractivity contribution is -0.286. The molecule has 3 rings (SSSR count). The van der Waals surface area contributed by atoms with E-state index in [4.69, 9.17) is 0 Å². The summed E-state index contributed by atoms with van der Waals surface area (Å²) in [6, 6.07) is 0. The van der Waals surface area contributed by atoms with Gasteiger partial charge in [-0.3, -0.25) is 14.4 Å². The largest absolute Gasteiger partial charge is 0.385 e. The van der Waals surface area contributed by atoms with Crippen molar-refractivity contribution in [2.24, 2.45) is 45.3 Å². The minimum atomic E-state index is -1.20. The fourth-order valence-corrected chi connectivity index (χ4v) is 7.03. The topological polar surface area (TPSA) is 83.5 Å². The SMILES string of the molecule is CC(C)C(C)(C(=O)NCC(=O)C(O)CC1C(=O)CC2CC3(C)CC1C23C)C(C)(C)C. The Morgan fingerprint density at radius 2 is 1.77 bits per heavy atom. The number of aliphatic hydroxyl groups excluding tert-OH is 1. The highest BCUT2D eigenvalue weighted by Gasteiger charge is 2.74. The molecule has 3 fully saturated rings. The van der Waals surface area contributed by atoms with E-state index in [9.17, 15) is 19.5 Å². The molecule has 0 spiro atoms. The van der Waals surface area contributed by atoms with Crippen molar-refractivity contribution >= 4 is 17.5 Å². The zero-order valence-corrected chi connectivity index (χ0v) is 20.1. The number of rotatable bonds is 7. The lowest BCUT2D eigenvalue weighted by Gasteiger charge is -2.78. The lowest BCUT2D eigenvalue weighted by Crippen LogP contribution is -2.73. The molecule has 3 saturated carbocycles. The predicted molar refractivity (Wildman–Crippen MR) is 117 cm³/mol. The second-order valence-electron chi connectivity index (χ2n) is 12.3. The maximum absolute atomic E-state index is 12.9. The van der Waals surface area contributed by atoms with E-state index in [0.29, 0.717) is 17.8 Å². The summed E-state index contributed by atoms with van der Waals surface area (Å²) in [6.07, 6.45) is 1.73. The molecule has 0 radical (unpaired) electrons. The Hall–Kier alpha value is -1.23. The molecule has 3 aliphatic carbocycles. The molecular weight excluding hydrogens is 378 g/mol. The van der Waals surface area contributed by atoms with E-state index in [1.54, 1.807) is 0 Å². The average molecular weight is 420 g/mol. The van der Waals surface area contributed by atoms with Crippen molar-refractivity contribution in [3.8, 4) is 0 Å². The molecule has 170 valence electrons. The van der Waals surface area contributed by atoms with Crippen molar-refractivity contribution in [1.82, 2.24) is 5.32 Å². The van der Waals surface area contributed by atoms with Gasteiger partial charge in [0.15, 0.2) is 5.78 Å². The number of carbonyl (C=O) groups is 3. The van der Waals surface area contributed by atoms with Gasteiger partial charge < -0.3 is 10.4 Å². The minimum Gasteiger partial charge on any atom is -0.385 e. The summed E-state index contributed by atoms with van der Waals surface area (Å²) in [5.41, 5.74) is -0.387. The van der Waals surface area contributed by atoms with Crippen LogP contribution < -0.4 is 5.32 Å². The molecule has 0 aromatic heterocycles. The van der Waals surface area contributed by atoms with Crippen molar-refractivity contribution < 1.29 is 19.5 Å². The van der Waals surface area contributed by atoms with Crippen molar-refractivity contribution in [1.29, 1.82) is 0 Å². The third-order valence-corrected chi connectivity index (χ3v) is 10.1. The summed E-state index contributed by atoms with van der Waals surface area (Å²) >= 11 is 0. The van der Waals surface area contributed by atoms with Gasteiger partial charge in [-0.15, -0.1) is 0 Å². The molecule has 5 nitrogen and oxygen atoms in total. The maximum Gasteiger partial charge on any atom is 0.227 e. The fourth-order valence-electron chi connectivity index (χ4n) is 7.03. The van der Waals surface area contributed by atoms with Gasteiger partial charge in [-0.1, -0.05) is 55.4 Å². The van der Waals surface area contributed by atoms with Crippen molar-refractivity contribution in [3.63, 3.8) is 0 Å². The van der Waals surface area contributed by atoms with E-state index in [2.05, 4.69) is 19.2 Å². The molecule has 1 amide bonds. The normalized spacial score (nSPS) is 38.1. The standard InChI is InChI=1S/C25H41NO4/c1-14(2)24(7,22(3,4)5)21(30)26-13-20(29)19(28)10-16-17-12-23(6)11-15(9-18(16)27)25(17,23)8/h14-17,19,28H,9-13H2,1-8H3,(H,26,30). The quantitative estimate of drug-likeness (QED) is 0.658. The molecule has 0 aromatic carbocycles. The van der Waals surface area contributed by atoms with Gasteiger partial charge in [0.05, 0.1) is 12.0 Å². The molecular formula is C25H41NO4. The zero-order valence-electron chi connectivity index (χ0n) is 20.1. The summed E-state index contributed by atoms with van der Waals surface area (Å²) in [4.78, 5) is 38.3. The first kappa shape index (κ1) is 23.4. The molecule has 0 saturated heterocycles. The Morgan fingerprint density at radius 3 is 2.27 bits per heavy atom. The molecule has 7 unspecified atom stereocenters. The van der Waals surface area contributed by atoms with Gasteiger partial charge in [-0.05, 0) is 53.3 Å². The molecule has 30 heavy (non-hydrogen) atoms. The van der Waals surface area contributed by atoms with E-state index in [-0.39, 0.29) is 53.2 Å². The summed E-state index contributed by atoms with van der Waals surface area (Å²) < 4.78 is 0. The number of aliphatic hydroxyl groups is 1. The van der Waals surface area contributed by atoms with Gasteiger partial charge in [0.1, 0.15) is 11.9 Å². The van der Waals surface area contributed by atoms with Crippen LogP contribution in [0.25, 0.3) is 0 Å².